The van der Waals surface area contributed by atoms with E-state index in [1.54, 1.807) is 23.5 Å². The van der Waals surface area contributed by atoms with Gasteiger partial charge in [-0.25, -0.2) is 9.97 Å². The Morgan fingerprint density at radius 1 is 1.00 bits per heavy atom. The number of carbonyl (C=O) groups is 1. The Kier molecular flexibility index (Phi) is 6.77. The molecule has 2 heterocycles. The van der Waals surface area contributed by atoms with Gasteiger partial charge in [-0.2, -0.15) is 0 Å². The van der Waals surface area contributed by atoms with Crippen LogP contribution in [0.3, 0.4) is 0 Å². The largest absolute Gasteiger partial charge is 0.493 e. The standard InChI is InChI=1S/C23H21N3O4S2/c1-28-17-9-15(10-18(29-2)21(17)30-3)26-20(27)12-31-22-16-11-19(14-7-5-4-6-8-14)32-23(16)25-13-24-22/h4-11,13H,12H2,1-3H3,(H,26,27). The Labute approximate surface area is 193 Å². The SMILES string of the molecule is COc1cc(NC(=O)CSc2ncnc3sc(-c4ccccc4)cc23)cc(OC)c1OC. The van der Waals surface area contributed by atoms with Crippen molar-refractivity contribution in [2.75, 3.05) is 32.4 Å². The van der Waals surface area contributed by atoms with E-state index in [4.69, 9.17) is 14.2 Å². The molecule has 1 amide bonds. The van der Waals surface area contributed by atoms with Crippen molar-refractivity contribution in [3.63, 3.8) is 0 Å². The summed E-state index contributed by atoms with van der Waals surface area (Å²) in [6.45, 7) is 0. The van der Waals surface area contributed by atoms with Crippen LogP contribution in [0.5, 0.6) is 17.2 Å². The lowest BCUT2D eigenvalue weighted by Gasteiger charge is -2.14. The summed E-state index contributed by atoms with van der Waals surface area (Å²) in [6.07, 6.45) is 1.53. The molecule has 0 saturated carbocycles. The van der Waals surface area contributed by atoms with E-state index in [2.05, 4.69) is 33.5 Å². The maximum atomic E-state index is 12.6. The third-order valence-corrected chi connectivity index (χ3v) is 6.74. The van der Waals surface area contributed by atoms with Gasteiger partial charge in [-0.05, 0) is 11.6 Å². The predicted octanol–water partition coefficient (Wildman–Crippen LogP) is 5.11. The minimum atomic E-state index is -0.172. The molecule has 4 aromatic rings. The van der Waals surface area contributed by atoms with Crippen molar-refractivity contribution in [2.45, 2.75) is 5.03 Å². The smallest absolute Gasteiger partial charge is 0.234 e. The molecule has 0 saturated heterocycles. The van der Waals surface area contributed by atoms with E-state index in [9.17, 15) is 4.79 Å². The molecule has 0 atom stereocenters. The maximum absolute atomic E-state index is 12.6. The molecule has 1 N–H and O–H groups in total. The number of amides is 1. The molecule has 0 bridgehead atoms. The number of hydrogen-bond acceptors (Lipinski definition) is 8. The highest BCUT2D eigenvalue weighted by molar-refractivity contribution is 8.00. The fourth-order valence-corrected chi connectivity index (χ4v) is 5.02. The Balaban J connectivity index is 1.49. The molecule has 9 heteroatoms. The van der Waals surface area contributed by atoms with Crippen molar-refractivity contribution < 1.29 is 19.0 Å². The fraction of sp³-hybridized carbons (Fsp3) is 0.174. The van der Waals surface area contributed by atoms with Crippen LogP contribution >= 0.6 is 23.1 Å². The molecule has 0 aliphatic carbocycles. The minimum Gasteiger partial charge on any atom is -0.493 e. The van der Waals surface area contributed by atoms with Crippen LogP contribution in [0.15, 0.2) is 59.9 Å². The van der Waals surface area contributed by atoms with Crippen molar-refractivity contribution >= 4 is 44.9 Å². The zero-order valence-corrected chi connectivity index (χ0v) is 19.4. The van der Waals surface area contributed by atoms with Crippen LogP contribution in [-0.2, 0) is 4.79 Å². The minimum absolute atomic E-state index is 0.172. The molecule has 0 aliphatic rings. The predicted molar refractivity (Wildman–Crippen MR) is 128 cm³/mol. The van der Waals surface area contributed by atoms with Crippen molar-refractivity contribution in [2.24, 2.45) is 0 Å². The summed E-state index contributed by atoms with van der Waals surface area (Å²) in [6, 6.07) is 15.6. The van der Waals surface area contributed by atoms with Gasteiger partial charge in [0.15, 0.2) is 11.5 Å². The molecule has 0 fully saturated rings. The van der Waals surface area contributed by atoms with Crippen LogP contribution in [0.4, 0.5) is 5.69 Å². The second-order valence-corrected chi connectivity index (χ2v) is 8.62. The van der Waals surface area contributed by atoms with Crippen LogP contribution in [-0.4, -0.2) is 43.0 Å². The third-order valence-electron chi connectivity index (χ3n) is 4.64. The molecule has 0 aliphatic heterocycles. The van der Waals surface area contributed by atoms with Crippen LogP contribution in [0.25, 0.3) is 20.7 Å². The number of nitrogens with zero attached hydrogens (tertiary/aromatic N) is 2. The monoisotopic (exact) mass is 467 g/mol. The van der Waals surface area contributed by atoms with Crippen molar-refractivity contribution in [3.8, 4) is 27.7 Å². The Morgan fingerprint density at radius 3 is 2.38 bits per heavy atom. The molecule has 4 rings (SSSR count). The van der Waals surface area contributed by atoms with Crippen LogP contribution in [0.1, 0.15) is 0 Å². The summed E-state index contributed by atoms with van der Waals surface area (Å²) in [5.41, 5.74) is 1.69. The first-order valence-corrected chi connectivity index (χ1v) is 11.5. The number of aromatic nitrogens is 2. The van der Waals surface area contributed by atoms with Crippen molar-refractivity contribution in [1.29, 1.82) is 0 Å². The van der Waals surface area contributed by atoms with Crippen molar-refractivity contribution in [1.82, 2.24) is 9.97 Å². The number of nitrogens with one attached hydrogen (secondary N) is 1. The van der Waals surface area contributed by atoms with Gasteiger partial charge in [0.05, 0.1) is 27.1 Å². The topological polar surface area (TPSA) is 82.6 Å². The summed E-state index contributed by atoms with van der Waals surface area (Å²) in [7, 11) is 4.60. The van der Waals surface area contributed by atoms with Gasteiger partial charge in [-0.15, -0.1) is 11.3 Å². The van der Waals surface area contributed by atoms with E-state index in [0.29, 0.717) is 22.9 Å². The number of ether oxygens (including phenoxy) is 3. The van der Waals surface area contributed by atoms with Gasteiger partial charge in [0.2, 0.25) is 11.7 Å². The number of benzene rings is 2. The first-order valence-electron chi connectivity index (χ1n) is 9.65. The summed E-state index contributed by atoms with van der Waals surface area (Å²) < 4.78 is 16.0. The molecular weight excluding hydrogens is 446 g/mol. The average Bonchev–Trinajstić information content (AvgIpc) is 3.27. The van der Waals surface area contributed by atoms with Gasteiger partial charge < -0.3 is 19.5 Å². The van der Waals surface area contributed by atoms with Gasteiger partial charge in [0.25, 0.3) is 0 Å². The lowest BCUT2D eigenvalue weighted by molar-refractivity contribution is -0.113. The van der Waals surface area contributed by atoms with Crippen LogP contribution in [0, 0.1) is 0 Å². The summed E-state index contributed by atoms with van der Waals surface area (Å²) >= 11 is 2.98. The number of thioether (sulfide) groups is 1. The van der Waals surface area contributed by atoms with Crippen molar-refractivity contribution in [3.05, 3.63) is 54.9 Å². The Morgan fingerprint density at radius 2 is 1.72 bits per heavy atom. The van der Waals surface area contributed by atoms with Gasteiger partial charge in [-0.3, -0.25) is 4.79 Å². The number of methoxy groups -OCH3 is 3. The molecule has 32 heavy (non-hydrogen) atoms. The second kappa shape index (κ2) is 9.88. The highest BCUT2D eigenvalue weighted by Gasteiger charge is 2.16. The van der Waals surface area contributed by atoms with Gasteiger partial charge >= 0.3 is 0 Å². The summed E-state index contributed by atoms with van der Waals surface area (Å²) in [5.74, 6) is 1.43. The van der Waals surface area contributed by atoms with E-state index in [1.807, 2.05) is 18.2 Å². The number of anilines is 1. The highest BCUT2D eigenvalue weighted by atomic mass is 32.2. The lowest BCUT2D eigenvalue weighted by Crippen LogP contribution is -2.14. The van der Waals surface area contributed by atoms with E-state index in [1.165, 1.54) is 39.4 Å². The molecule has 164 valence electrons. The number of fused-ring (bicyclic) bond motifs is 1. The van der Waals surface area contributed by atoms with Crippen LogP contribution in [0.2, 0.25) is 0 Å². The number of thiophene rings is 1. The molecule has 0 spiro atoms. The molecular formula is C23H21N3O4S2. The summed E-state index contributed by atoms with van der Waals surface area (Å²) in [4.78, 5) is 23.4. The first-order chi connectivity index (χ1) is 15.6. The number of rotatable bonds is 8. The first kappa shape index (κ1) is 21.9. The van der Waals surface area contributed by atoms with Gasteiger partial charge in [0.1, 0.15) is 16.2 Å². The molecule has 7 nitrogen and oxygen atoms in total. The quantitative estimate of drug-likeness (QED) is 0.285. The normalized spacial score (nSPS) is 10.7. The number of hydrogen-bond donors (Lipinski definition) is 1. The molecule has 2 aromatic carbocycles. The van der Waals surface area contributed by atoms with Crippen LogP contribution < -0.4 is 19.5 Å². The van der Waals surface area contributed by atoms with Gasteiger partial charge in [0, 0.05) is 28.1 Å². The van der Waals surface area contributed by atoms with Gasteiger partial charge in [-0.1, -0.05) is 42.1 Å². The zero-order valence-electron chi connectivity index (χ0n) is 17.7. The maximum Gasteiger partial charge on any atom is 0.234 e. The molecule has 0 unspecified atom stereocenters. The van der Waals surface area contributed by atoms with E-state index in [0.717, 1.165) is 25.7 Å². The molecule has 0 radical (unpaired) electrons. The second-order valence-electron chi connectivity index (χ2n) is 6.63. The van der Waals surface area contributed by atoms with E-state index >= 15 is 0 Å². The Bertz CT molecular complexity index is 1220. The lowest BCUT2D eigenvalue weighted by atomic mass is 10.2. The third kappa shape index (κ3) is 4.63. The number of carbonyl (C=O) groups excluding carboxylic acids is 1. The average molecular weight is 468 g/mol. The zero-order chi connectivity index (χ0) is 22.5. The Hall–Kier alpha value is -3.30. The van der Waals surface area contributed by atoms with E-state index in [-0.39, 0.29) is 11.7 Å². The fourth-order valence-electron chi connectivity index (χ4n) is 3.18. The van der Waals surface area contributed by atoms with E-state index < -0.39 is 0 Å². The summed E-state index contributed by atoms with van der Waals surface area (Å²) in [5, 5.41) is 4.59. The highest BCUT2D eigenvalue weighted by Crippen LogP contribution is 2.40. The molecule has 2 aromatic heterocycles.